The van der Waals surface area contributed by atoms with Crippen molar-refractivity contribution in [1.82, 2.24) is 10.2 Å². The maximum absolute atomic E-state index is 12.9. The topological polar surface area (TPSA) is 46.0 Å². The van der Waals surface area contributed by atoms with Gasteiger partial charge in [-0.05, 0) is 30.7 Å². The van der Waals surface area contributed by atoms with E-state index in [1.807, 2.05) is 6.92 Å². The zero-order valence-corrected chi connectivity index (χ0v) is 10.1. The van der Waals surface area contributed by atoms with Crippen LogP contribution in [0.1, 0.15) is 10.6 Å². The SMILES string of the molecule is Cc1nnc(Sc2ccc(F)cc2CO)s1. The summed E-state index contributed by atoms with van der Waals surface area (Å²) in [6.45, 7) is 1.69. The molecule has 0 aliphatic heterocycles. The Morgan fingerprint density at radius 2 is 2.25 bits per heavy atom. The van der Waals surface area contributed by atoms with E-state index < -0.39 is 0 Å². The number of nitrogens with zero attached hydrogens (tertiary/aromatic N) is 2. The molecule has 0 saturated heterocycles. The van der Waals surface area contributed by atoms with Crippen LogP contribution in [0.4, 0.5) is 4.39 Å². The van der Waals surface area contributed by atoms with E-state index in [1.165, 1.54) is 35.2 Å². The van der Waals surface area contributed by atoms with Gasteiger partial charge in [0.2, 0.25) is 0 Å². The van der Waals surface area contributed by atoms with Crippen LogP contribution in [0, 0.1) is 12.7 Å². The minimum Gasteiger partial charge on any atom is -0.392 e. The number of aromatic nitrogens is 2. The predicted octanol–water partition coefficient (Wildman–Crippen LogP) is 2.63. The molecule has 1 aromatic carbocycles. The number of aryl methyl sites for hydroxylation is 1. The number of hydrogen-bond acceptors (Lipinski definition) is 5. The van der Waals surface area contributed by atoms with Gasteiger partial charge in [0.25, 0.3) is 0 Å². The maximum atomic E-state index is 12.9. The summed E-state index contributed by atoms with van der Waals surface area (Å²) in [7, 11) is 0. The van der Waals surface area contributed by atoms with Gasteiger partial charge in [0.1, 0.15) is 10.8 Å². The number of halogens is 1. The van der Waals surface area contributed by atoms with Gasteiger partial charge in [-0.1, -0.05) is 23.1 Å². The minimum atomic E-state index is -0.346. The standard InChI is InChI=1S/C10H9FN2OS2/c1-6-12-13-10(15-6)16-9-3-2-8(11)4-7(9)5-14/h2-4,14H,5H2,1H3. The number of rotatable bonds is 3. The molecule has 1 aromatic heterocycles. The van der Waals surface area contributed by atoms with Crippen molar-refractivity contribution in [3.05, 3.63) is 34.6 Å². The van der Waals surface area contributed by atoms with Gasteiger partial charge in [0.15, 0.2) is 4.34 Å². The summed E-state index contributed by atoms with van der Waals surface area (Å²) < 4.78 is 13.7. The smallest absolute Gasteiger partial charge is 0.179 e. The van der Waals surface area contributed by atoms with Crippen molar-refractivity contribution < 1.29 is 9.50 Å². The molecule has 0 saturated carbocycles. The second kappa shape index (κ2) is 4.90. The van der Waals surface area contributed by atoms with E-state index in [0.717, 1.165) is 14.2 Å². The van der Waals surface area contributed by atoms with Crippen LogP contribution in [0.3, 0.4) is 0 Å². The lowest BCUT2D eigenvalue weighted by Gasteiger charge is -2.04. The second-order valence-corrected chi connectivity index (χ2v) is 5.57. The van der Waals surface area contributed by atoms with Crippen molar-refractivity contribution in [3.63, 3.8) is 0 Å². The fraction of sp³-hybridized carbons (Fsp3) is 0.200. The van der Waals surface area contributed by atoms with Crippen molar-refractivity contribution in [2.45, 2.75) is 22.8 Å². The Labute approximate surface area is 100 Å². The van der Waals surface area contributed by atoms with Crippen molar-refractivity contribution >= 4 is 23.1 Å². The zero-order valence-electron chi connectivity index (χ0n) is 8.48. The Balaban J connectivity index is 2.27. The summed E-state index contributed by atoms with van der Waals surface area (Å²) in [6.07, 6.45) is 0. The molecule has 0 bridgehead atoms. The zero-order chi connectivity index (χ0) is 11.5. The van der Waals surface area contributed by atoms with Crippen molar-refractivity contribution in [3.8, 4) is 0 Å². The summed E-state index contributed by atoms with van der Waals surface area (Å²) in [5, 5.41) is 17.9. The molecule has 84 valence electrons. The van der Waals surface area contributed by atoms with Crippen molar-refractivity contribution in [2.24, 2.45) is 0 Å². The molecule has 2 aromatic rings. The maximum Gasteiger partial charge on any atom is 0.179 e. The Kier molecular flexibility index (Phi) is 3.52. The van der Waals surface area contributed by atoms with E-state index in [9.17, 15) is 4.39 Å². The first-order valence-corrected chi connectivity index (χ1v) is 6.19. The lowest BCUT2D eigenvalue weighted by molar-refractivity contribution is 0.278. The van der Waals surface area contributed by atoms with E-state index in [1.54, 1.807) is 6.07 Å². The molecule has 0 aliphatic rings. The van der Waals surface area contributed by atoms with Crippen molar-refractivity contribution in [2.75, 3.05) is 0 Å². The fourth-order valence-corrected chi connectivity index (χ4v) is 3.06. The molecule has 0 fully saturated rings. The van der Waals surface area contributed by atoms with Gasteiger partial charge in [0.05, 0.1) is 6.61 Å². The summed E-state index contributed by atoms with van der Waals surface area (Å²) in [5.74, 6) is -0.346. The third-order valence-electron chi connectivity index (χ3n) is 1.90. The van der Waals surface area contributed by atoms with Gasteiger partial charge in [-0.25, -0.2) is 4.39 Å². The van der Waals surface area contributed by atoms with Gasteiger partial charge in [-0.3, -0.25) is 0 Å². The average molecular weight is 256 g/mol. The summed E-state index contributed by atoms with van der Waals surface area (Å²) in [4.78, 5) is 0.806. The van der Waals surface area contributed by atoms with Crippen molar-refractivity contribution in [1.29, 1.82) is 0 Å². The Bertz CT molecular complexity index is 501. The van der Waals surface area contributed by atoms with E-state index in [4.69, 9.17) is 5.11 Å². The predicted molar refractivity (Wildman–Crippen MR) is 61.1 cm³/mol. The van der Waals surface area contributed by atoms with Gasteiger partial charge >= 0.3 is 0 Å². The van der Waals surface area contributed by atoms with Gasteiger partial charge < -0.3 is 5.11 Å². The van der Waals surface area contributed by atoms with Gasteiger partial charge in [-0.15, -0.1) is 10.2 Å². The van der Waals surface area contributed by atoms with Crippen LogP contribution in [0.25, 0.3) is 0 Å². The summed E-state index contributed by atoms with van der Waals surface area (Å²) in [5.41, 5.74) is 0.567. The van der Waals surface area contributed by atoms with E-state index >= 15 is 0 Å². The Morgan fingerprint density at radius 3 is 2.88 bits per heavy atom. The van der Waals surface area contributed by atoms with Crippen LogP contribution in [0.5, 0.6) is 0 Å². The molecule has 16 heavy (non-hydrogen) atoms. The third kappa shape index (κ3) is 2.58. The minimum absolute atomic E-state index is 0.183. The Hall–Kier alpha value is -0.980. The molecule has 0 amide bonds. The molecular weight excluding hydrogens is 247 g/mol. The first-order chi connectivity index (χ1) is 7.69. The number of benzene rings is 1. The first kappa shape index (κ1) is 11.5. The highest BCUT2D eigenvalue weighted by Gasteiger charge is 2.08. The van der Waals surface area contributed by atoms with Crippen LogP contribution in [-0.2, 0) is 6.61 Å². The highest BCUT2D eigenvalue weighted by atomic mass is 32.2. The number of aliphatic hydroxyl groups excluding tert-OH is 1. The molecule has 0 unspecified atom stereocenters. The number of hydrogen-bond donors (Lipinski definition) is 1. The van der Waals surface area contributed by atoms with E-state index in [2.05, 4.69) is 10.2 Å². The molecule has 0 atom stereocenters. The molecule has 6 heteroatoms. The lowest BCUT2D eigenvalue weighted by atomic mass is 10.2. The first-order valence-electron chi connectivity index (χ1n) is 4.56. The average Bonchev–Trinajstić information content (AvgIpc) is 2.67. The van der Waals surface area contributed by atoms with Crippen LogP contribution in [0.2, 0.25) is 0 Å². The summed E-state index contributed by atoms with van der Waals surface area (Å²) >= 11 is 2.86. The van der Waals surface area contributed by atoms with Crippen LogP contribution in [-0.4, -0.2) is 15.3 Å². The van der Waals surface area contributed by atoms with Crippen LogP contribution >= 0.6 is 23.1 Å². The van der Waals surface area contributed by atoms with Gasteiger partial charge in [-0.2, -0.15) is 0 Å². The highest BCUT2D eigenvalue weighted by molar-refractivity contribution is 8.01. The van der Waals surface area contributed by atoms with Gasteiger partial charge in [0, 0.05) is 4.90 Å². The molecule has 1 heterocycles. The van der Waals surface area contributed by atoms with Crippen LogP contribution in [0.15, 0.2) is 27.4 Å². The highest BCUT2D eigenvalue weighted by Crippen LogP contribution is 2.32. The molecule has 0 radical (unpaired) electrons. The molecule has 2 rings (SSSR count). The second-order valence-electron chi connectivity index (χ2n) is 3.10. The fourth-order valence-electron chi connectivity index (χ4n) is 1.18. The van der Waals surface area contributed by atoms with E-state index in [0.29, 0.717) is 5.56 Å². The molecule has 3 nitrogen and oxygen atoms in total. The number of aliphatic hydroxyl groups is 1. The Morgan fingerprint density at radius 1 is 1.44 bits per heavy atom. The third-order valence-corrected chi connectivity index (χ3v) is 3.91. The summed E-state index contributed by atoms with van der Waals surface area (Å²) in [6, 6.07) is 4.34. The molecule has 1 N–H and O–H groups in total. The molecule has 0 spiro atoms. The largest absolute Gasteiger partial charge is 0.392 e. The lowest BCUT2D eigenvalue weighted by Crippen LogP contribution is -1.89. The van der Waals surface area contributed by atoms with E-state index in [-0.39, 0.29) is 12.4 Å². The monoisotopic (exact) mass is 256 g/mol. The molecule has 0 aliphatic carbocycles. The van der Waals surface area contributed by atoms with Crippen LogP contribution < -0.4 is 0 Å². The molecular formula is C10H9FN2OS2. The quantitative estimate of drug-likeness (QED) is 0.917. The normalized spacial score (nSPS) is 10.7.